The lowest BCUT2D eigenvalue weighted by molar-refractivity contribution is 0.0583. The number of hydrogen-bond acceptors (Lipinski definition) is 6. The van der Waals surface area contributed by atoms with Crippen molar-refractivity contribution in [2.75, 3.05) is 27.3 Å². The molecule has 0 atom stereocenters. The molecular formula is C16H23NO6S. The lowest BCUT2D eigenvalue weighted by atomic mass is 10.1. The summed E-state index contributed by atoms with van der Waals surface area (Å²) in [6.45, 7) is 4.26. The molecule has 0 aliphatic heterocycles. The first-order valence-electron chi connectivity index (χ1n) is 7.64. The van der Waals surface area contributed by atoms with Gasteiger partial charge in [-0.3, -0.25) is 0 Å². The van der Waals surface area contributed by atoms with Crippen molar-refractivity contribution in [1.82, 2.24) is 4.31 Å². The van der Waals surface area contributed by atoms with E-state index in [-0.39, 0.29) is 22.6 Å². The number of rotatable bonds is 8. The first kappa shape index (κ1) is 20.1. The molecule has 1 aromatic rings. The summed E-state index contributed by atoms with van der Waals surface area (Å²) in [5.74, 6) is -1.46. The number of carbonyl (C=O) groups excluding carboxylic acids is 2. The van der Waals surface area contributed by atoms with Gasteiger partial charge in [0, 0.05) is 13.1 Å². The maximum atomic E-state index is 12.9. The van der Waals surface area contributed by atoms with Crippen molar-refractivity contribution in [3.05, 3.63) is 29.3 Å². The predicted molar refractivity (Wildman–Crippen MR) is 88.5 cm³/mol. The Balaban J connectivity index is 3.50. The molecule has 0 heterocycles. The van der Waals surface area contributed by atoms with Gasteiger partial charge in [0.05, 0.1) is 30.2 Å². The molecule has 0 N–H and O–H groups in total. The number of nitrogens with zero attached hydrogens (tertiary/aromatic N) is 1. The number of ether oxygens (including phenoxy) is 2. The molecule has 7 nitrogen and oxygen atoms in total. The minimum Gasteiger partial charge on any atom is -0.465 e. The number of sulfonamides is 1. The fourth-order valence-electron chi connectivity index (χ4n) is 2.18. The van der Waals surface area contributed by atoms with Gasteiger partial charge >= 0.3 is 11.9 Å². The molecule has 0 aromatic heterocycles. The Morgan fingerprint density at radius 3 is 2.21 bits per heavy atom. The van der Waals surface area contributed by atoms with E-state index in [9.17, 15) is 18.0 Å². The Morgan fingerprint density at radius 1 is 1.08 bits per heavy atom. The molecule has 134 valence electrons. The summed E-state index contributed by atoms with van der Waals surface area (Å²) in [7, 11) is -1.58. The lowest BCUT2D eigenvalue weighted by Crippen LogP contribution is -2.33. The number of esters is 2. The van der Waals surface area contributed by atoms with E-state index in [4.69, 9.17) is 0 Å². The molecule has 0 saturated carbocycles. The first-order chi connectivity index (χ1) is 11.3. The first-order valence-corrected chi connectivity index (χ1v) is 9.08. The second-order valence-electron chi connectivity index (χ2n) is 5.04. The molecule has 1 aromatic carbocycles. The monoisotopic (exact) mass is 357 g/mol. The van der Waals surface area contributed by atoms with Crippen molar-refractivity contribution in [3.63, 3.8) is 0 Å². The van der Waals surface area contributed by atoms with Gasteiger partial charge in [0.2, 0.25) is 10.0 Å². The highest BCUT2D eigenvalue weighted by molar-refractivity contribution is 7.89. The van der Waals surface area contributed by atoms with Crippen LogP contribution in [-0.4, -0.2) is 52.0 Å². The number of unbranched alkanes of at least 4 members (excludes halogenated alkanes) is 1. The molecular weight excluding hydrogens is 334 g/mol. The minimum atomic E-state index is -3.95. The van der Waals surface area contributed by atoms with Crippen LogP contribution in [0.5, 0.6) is 0 Å². The molecule has 0 amide bonds. The SMILES string of the molecule is CCCCN(CC)S(=O)(=O)c1cc(C(=O)OC)ccc1C(=O)OC. The Hall–Kier alpha value is -1.93. The zero-order valence-electron chi connectivity index (χ0n) is 14.4. The van der Waals surface area contributed by atoms with Crippen molar-refractivity contribution in [3.8, 4) is 0 Å². The smallest absolute Gasteiger partial charge is 0.339 e. The van der Waals surface area contributed by atoms with E-state index in [0.29, 0.717) is 13.0 Å². The van der Waals surface area contributed by atoms with Gasteiger partial charge in [0.1, 0.15) is 0 Å². The summed E-state index contributed by atoms with van der Waals surface area (Å²) in [4.78, 5) is 23.4. The zero-order chi connectivity index (χ0) is 18.3. The summed E-state index contributed by atoms with van der Waals surface area (Å²) >= 11 is 0. The zero-order valence-corrected chi connectivity index (χ0v) is 15.2. The Morgan fingerprint density at radius 2 is 1.71 bits per heavy atom. The maximum Gasteiger partial charge on any atom is 0.339 e. The van der Waals surface area contributed by atoms with Gasteiger partial charge in [-0.1, -0.05) is 20.3 Å². The largest absolute Gasteiger partial charge is 0.465 e. The van der Waals surface area contributed by atoms with E-state index in [0.717, 1.165) is 12.5 Å². The van der Waals surface area contributed by atoms with Crippen molar-refractivity contribution < 1.29 is 27.5 Å². The van der Waals surface area contributed by atoms with Gasteiger partial charge in [-0.25, -0.2) is 18.0 Å². The van der Waals surface area contributed by atoms with E-state index in [1.54, 1.807) is 6.92 Å². The second-order valence-corrected chi connectivity index (χ2v) is 6.95. The standard InChI is InChI=1S/C16H23NO6S/c1-5-7-10-17(6-2)24(20,21)14-11-12(15(18)22-3)8-9-13(14)16(19)23-4/h8-9,11H,5-7,10H2,1-4H3. The van der Waals surface area contributed by atoms with Gasteiger partial charge in [0.15, 0.2) is 0 Å². The second kappa shape index (κ2) is 8.79. The van der Waals surface area contributed by atoms with Crippen molar-refractivity contribution in [1.29, 1.82) is 0 Å². The van der Waals surface area contributed by atoms with Crippen molar-refractivity contribution >= 4 is 22.0 Å². The summed E-state index contributed by atoms with van der Waals surface area (Å²) in [6.07, 6.45) is 1.52. The highest BCUT2D eigenvalue weighted by atomic mass is 32.2. The van der Waals surface area contributed by atoms with Gasteiger partial charge in [-0.2, -0.15) is 4.31 Å². The van der Waals surface area contributed by atoms with Crippen LogP contribution in [0.4, 0.5) is 0 Å². The van der Waals surface area contributed by atoms with E-state index < -0.39 is 22.0 Å². The lowest BCUT2D eigenvalue weighted by Gasteiger charge is -2.21. The molecule has 0 bridgehead atoms. The molecule has 0 unspecified atom stereocenters. The topological polar surface area (TPSA) is 90.0 Å². The van der Waals surface area contributed by atoms with Crippen LogP contribution < -0.4 is 0 Å². The van der Waals surface area contributed by atoms with E-state index in [2.05, 4.69) is 9.47 Å². The summed E-state index contributed by atoms with van der Waals surface area (Å²) in [5, 5.41) is 0. The molecule has 0 aliphatic rings. The highest BCUT2D eigenvalue weighted by Crippen LogP contribution is 2.23. The van der Waals surface area contributed by atoms with Gasteiger partial charge < -0.3 is 9.47 Å². The summed E-state index contributed by atoms with van der Waals surface area (Å²) < 4.78 is 36.4. The van der Waals surface area contributed by atoms with E-state index in [1.165, 1.54) is 30.7 Å². The highest BCUT2D eigenvalue weighted by Gasteiger charge is 2.29. The van der Waals surface area contributed by atoms with Crippen LogP contribution in [-0.2, 0) is 19.5 Å². The Bertz CT molecular complexity index is 699. The molecule has 0 saturated heterocycles. The number of carbonyl (C=O) groups is 2. The van der Waals surface area contributed by atoms with Gasteiger partial charge in [-0.15, -0.1) is 0 Å². The normalized spacial score (nSPS) is 11.4. The molecule has 0 aliphatic carbocycles. The molecule has 0 spiro atoms. The molecule has 1 rings (SSSR count). The quantitative estimate of drug-likeness (QED) is 0.662. The average molecular weight is 357 g/mol. The van der Waals surface area contributed by atoms with Crippen LogP contribution in [0, 0.1) is 0 Å². The maximum absolute atomic E-state index is 12.9. The third kappa shape index (κ3) is 4.33. The van der Waals surface area contributed by atoms with Crippen LogP contribution in [0.3, 0.4) is 0 Å². The molecule has 0 radical (unpaired) electrons. The number of methoxy groups -OCH3 is 2. The van der Waals surface area contributed by atoms with Crippen molar-refractivity contribution in [2.24, 2.45) is 0 Å². The van der Waals surface area contributed by atoms with E-state index in [1.807, 2.05) is 6.92 Å². The number of hydrogen-bond donors (Lipinski definition) is 0. The fraction of sp³-hybridized carbons (Fsp3) is 0.500. The van der Waals surface area contributed by atoms with Crippen LogP contribution in [0.2, 0.25) is 0 Å². The Labute approximate surface area is 142 Å². The summed E-state index contributed by atoms with van der Waals surface area (Å²) in [6, 6.07) is 3.75. The van der Waals surface area contributed by atoms with Crippen LogP contribution in [0.1, 0.15) is 47.4 Å². The molecule has 0 fully saturated rings. The Kier molecular flexibility index (Phi) is 7.37. The van der Waals surface area contributed by atoms with Crippen LogP contribution in [0.15, 0.2) is 23.1 Å². The minimum absolute atomic E-state index is 0.0512. The summed E-state index contributed by atoms with van der Waals surface area (Å²) in [5.41, 5.74) is -0.0598. The van der Waals surface area contributed by atoms with Gasteiger partial charge in [0.25, 0.3) is 0 Å². The third-order valence-corrected chi connectivity index (χ3v) is 5.55. The molecule has 8 heteroatoms. The van der Waals surface area contributed by atoms with Crippen LogP contribution in [0.25, 0.3) is 0 Å². The number of benzene rings is 1. The van der Waals surface area contributed by atoms with Crippen LogP contribution >= 0.6 is 0 Å². The van der Waals surface area contributed by atoms with E-state index >= 15 is 0 Å². The van der Waals surface area contributed by atoms with Crippen molar-refractivity contribution in [2.45, 2.75) is 31.6 Å². The predicted octanol–water partition coefficient (Wildman–Crippen LogP) is 2.07. The average Bonchev–Trinajstić information content (AvgIpc) is 2.60. The third-order valence-electron chi connectivity index (χ3n) is 3.54. The van der Waals surface area contributed by atoms with Gasteiger partial charge in [-0.05, 0) is 24.6 Å². The fourth-order valence-corrected chi connectivity index (χ4v) is 3.87. The molecule has 24 heavy (non-hydrogen) atoms.